The fourth-order valence-electron chi connectivity index (χ4n) is 2.60. The van der Waals surface area contributed by atoms with Gasteiger partial charge in [-0.25, -0.2) is 0 Å². The zero-order chi connectivity index (χ0) is 17.5. The van der Waals surface area contributed by atoms with Crippen molar-refractivity contribution in [2.45, 2.75) is 32.4 Å². The molecule has 1 saturated carbocycles. The smallest absolute Gasteiger partial charge is 0.234 e. The molecule has 0 radical (unpaired) electrons. The van der Waals surface area contributed by atoms with Crippen LogP contribution in [0.2, 0.25) is 0 Å². The molecule has 3 rings (SSSR count). The molecule has 1 unspecified atom stereocenters. The van der Waals surface area contributed by atoms with Crippen molar-refractivity contribution in [1.29, 1.82) is 0 Å². The standard InChI is InChI=1S/C20H25N3O2/c1-15(23-20(24)13-21-12-16-8-9-16)17-5-4-7-19(11-17)25-14-18-6-2-3-10-22-18/h2-7,10-11,15-16,21H,8-9,12-14H2,1H3,(H,23,24). The van der Waals surface area contributed by atoms with E-state index in [-0.39, 0.29) is 11.9 Å². The maximum atomic E-state index is 12.0. The Balaban J connectivity index is 1.48. The monoisotopic (exact) mass is 339 g/mol. The molecule has 1 aliphatic carbocycles. The highest BCUT2D eigenvalue weighted by molar-refractivity contribution is 5.78. The molecular formula is C20H25N3O2. The summed E-state index contributed by atoms with van der Waals surface area (Å²) in [7, 11) is 0. The van der Waals surface area contributed by atoms with Crippen molar-refractivity contribution in [1.82, 2.24) is 15.6 Å². The summed E-state index contributed by atoms with van der Waals surface area (Å²) in [6.45, 7) is 3.72. The molecule has 132 valence electrons. The number of carbonyl (C=O) groups is 1. The molecule has 5 heteroatoms. The third kappa shape index (κ3) is 5.87. The maximum absolute atomic E-state index is 12.0. The average Bonchev–Trinajstić information content (AvgIpc) is 3.45. The van der Waals surface area contributed by atoms with E-state index >= 15 is 0 Å². The Labute approximate surface area is 148 Å². The van der Waals surface area contributed by atoms with Gasteiger partial charge in [-0.15, -0.1) is 0 Å². The van der Waals surface area contributed by atoms with Gasteiger partial charge in [0.1, 0.15) is 12.4 Å². The van der Waals surface area contributed by atoms with Crippen molar-refractivity contribution in [3.8, 4) is 5.75 Å². The second-order valence-corrected chi connectivity index (χ2v) is 6.55. The van der Waals surface area contributed by atoms with Gasteiger partial charge in [-0.3, -0.25) is 9.78 Å². The first-order chi connectivity index (χ1) is 12.2. The quantitative estimate of drug-likeness (QED) is 0.737. The molecule has 2 N–H and O–H groups in total. The summed E-state index contributed by atoms with van der Waals surface area (Å²) < 4.78 is 5.80. The zero-order valence-electron chi connectivity index (χ0n) is 14.6. The minimum absolute atomic E-state index is 0.0213. The summed E-state index contributed by atoms with van der Waals surface area (Å²) >= 11 is 0. The predicted molar refractivity (Wildman–Crippen MR) is 97.2 cm³/mol. The molecule has 1 atom stereocenters. The van der Waals surface area contributed by atoms with Gasteiger partial charge in [-0.1, -0.05) is 18.2 Å². The summed E-state index contributed by atoms with van der Waals surface area (Å²) in [5, 5.41) is 6.23. The van der Waals surface area contributed by atoms with E-state index in [4.69, 9.17) is 4.74 Å². The molecule has 2 aromatic rings. The highest BCUT2D eigenvalue weighted by Crippen LogP contribution is 2.27. The Morgan fingerprint density at radius 3 is 2.92 bits per heavy atom. The molecule has 1 fully saturated rings. The maximum Gasteiger partial charge on any atom is 0.234 e. The van der Waals surface area contributed by atoms with Crippen LogP contribution in [0.5, 0.6) is 5.75 Å². The van der Waals surface area contributed by atoms with Crippen LogP contribution < -0.4 is 15.4 Å². The lowest BCUT2D eigenvalue weighted by Crippen LogP contribution is -2.36. The molecule has 0 saturated heterocycles. The second kappa shape index (κ2) is 8.62. The van der Waals surface area contributed by atoms with Crippen LogP contribution in [0.4, 0.5) is 0 Å². The number of hydrogen-bond donors (Lipinski definition) is 2. The molecule has 0 spiro atoms. The van der Waals surface area contributed by atoms with Gasteiger partial charge in [-0.05, 0) is 62.1 Å². The van der Waals surface area contributed by atoms with Gasteiger partial charge in [0, 0.05) is 6.20 Å². The van der Waals surface area contributed by atoms with Crippen LogP contribution in [0, 0.1) is 5.92 Å². The number of aromatic nitrogens is 1. The van der Waals surface area contributed by atoms with Crippen LogP contribution >= 0.6 is 0 Å². The van der Waals surface area contributed by atoms with Gasteiger partial charge < -0.3 is 15.4 Å². The topological polar surface area (TPSA) is 63.2 Å². The largest absolute Gasteiger partial charge is 0.487 e. The van der Waals surface area contributed by atoms with Crippen molar-refractivity contribution in [2.24, 2.45) is 5.92 Å². The minimum Gasteiger partial charge on any atom is -0.487 e. The summed E-state index contributed by atoms with van der Waals surface area (Å²) in [5.41, 5.74) is 1.91. The Bertz CT molecular complexity index is 686. The number of amides is 1. The van der Waals surface area contributed by atoms with Gasteiger partial charge in [0.05, 0.1) is 18.3 Å². The van der Waals surface area contributed by atoms with Gasteiger partial charge in [0.15, 0.2) is 0 Å². The molecule has 1 amide bonds. The summed E-state index contributed by atoms with van der Waals surface area (Å²) in [6, 6.07) is 13.5. The fourth-order valence-corrected chi connectivity index (χ4v) is 2.60. The van der Waals surface area contributed by atoms with E-state index in [0.717, 1.165) is 29.5 Å². The lowest BCUT2D eigenvalue weighted by atomic mass is 10.1. The summed E-state index contributed by atoms with van der Waals surface area (Å²) in [5.74, 6) is 1.57. The van der Waals surface area contributed by atoms with Crippen LogP contribution in [0.3, 0.4) is 0 Å². The third-order valence-corrected chi connectivity index (χ3v) is 4.26. The van der Waals surface area contributed by atoms with E-state index in [1.807, 2.05) is 49.4 Å². The van der Waals surface area contributed by atoms with Crippen molar-refractivity contribution in [3.05, 3.63) is 59.9 Å². The average molecular weight is 339 g/mol. The lowest BCUT2D eigenvalue weighted by molar-refractivity contribution is -0.120. The van der Waals surface area contributed by atoms with Crippen LogP contribution in [0.15, 0.2) is 48.7 Å². The Morgan fingerprint density at radius 1 is 1.28 bits per heavy atom. The fraction of sp³-hybridized carbons (Fsp3) is 0.400. The highest BCUT2D eigenvalue weighted by Gasteiger charge is 2.20. The summed E-state index contributed by atoms with van der Waals surface area (Å²) in [4.78, 5) is 16.3. The van der Waals surface area contributed by atoms with Crippen LogP contribution in [-0.2, 0) is 11.4 Å². The Kier molecular flexibility index (Phi) is 6.01. The Hall–Kier alpha value is -2.40. The number of carbonyl (C=O) groups excluding carboxylic acids is 1. The molecule has 0 bridgehead atoms. The number of nitrogens with one attached hydrogen (secondary N) is 2. The molecule has 5 nitrogen and oxygen atoms in total. The number of nitrogens with zero attached hydrogens (tertiary/aromatic N) is 1. The second-order valence-electron chi connectivity index (χ2n) is 6.55. The van der Waals surface area contributed by atoms with Gasteiger partial charge in [0.2, 0.25) is 5.91 Å². The zero-order valence-corrected chi connectivity index (χ0v) is 14.6. The van der Waals surface area contributed by atoms with E-state index in [9.17, 15) is 4.79 Å². The van der Waals surface area contributed by atoms with E-state index in [1.54, 1.807) is 6.20 Å². The van der Waals surface area contributed by atoms with Crippen molar-refractivity contribution in [2.75, 3.05) is 13.1 Å². The number of hydrogen-bond acceptors (Lipinski definition) is 4. The molecular weight excluding hydrogens is 314 g/mol. The number of rotatable bonds is 9. The molecule has 0 aliphatic heterocycles. The first-order valence-electron chi connectivity index (χ1n) is 8.83. The molecule has 1 aromatic carbocycles. The molecule has 1 aromatic heterocycles. The summed E-state index contributed by atoms with van der Waals surface area (Å²) in [6.07, 6.45) is 4.33. The van der Waals surface area contributed by atoms with Gasteiger partial charge in [0.25, 0.3) is 0 Å². The van der Waals surface area contributed by atoms with E-state index in [0.29, 0.717) is 13.2 Å². The van der Waals surface area contributed by atoms with Gasteiger partial charge >= 0.3 is 0 Å². The van der Waals surface area contributed by atoms with Crippen LogP contribution in [0.1, 0.15) is 37.1 Å². The Morgan fingerprint density at radius 2 is 2.16 bits per heavy atom. The third-order valence-electron chi connectivity index (χ3n) is 4.26. The normalized spacial score (nSPS) is 14.8. The molecule has 1 heterocycles. The number of benzene rings is 1. The van der Waals surface area contributed by atoms with E-state index < -0.39 is 0 Å². The van der Waals surface area contributed by atoms with E-state index in [2.05, 4.69) is 15.6 Å². The van der Waals surface area contributed by atoms with Crippen molar-refractivity contribution < 1.29 is 9.53 Å². The number of pyridine rings is 1. The highest BCUT2D eigenvalue weighted by atomic mass is 16.5. The first kappa shape index (κ1) is 17.4. The molecule has 1 aliphatic rings. The number of ether oxygens (including phenoxy) is 1. The van der Waals surface area contributed by atoms with Crippen molar-refractivity contribution in [3.63, 3.8) is 0 Å². The van der Waals surface area contributed by atoms with Crippen LogP contribution in [-0.4, -0.2) is 24.0 Å². The lowest BCUT2D eigenvalue weighted by Gasteiger charge is -2.16. The molecule has 25 heavy (non-hydrogen) atoms. The predicted octanol–water partition coefficient (Wildman–Crippen LogP) is 2.84. The van der Waals surface area contributed by atoms with Crippen LogP contribution in [0.25, 0.3) is 0 Å². The van der Waals surface area contributed by atoms with Gasteiger partial charge in [-0.2, -0.15) is 0 Å². The van der Waals surface area contributed by atoms with Crippen molar-refractivity contribution >= 4 is 5.91 Å². The minimum atomic E-state index is -0.0615. The SMILES string of the molecule is CC(NC(=O)CNCC1CC1)c1cccc(OCc2ccccn2)c1. The first-order valence-corrected chi connectivity index (χ1v) is 8.83. The van der Waals surface area contributed by atoms with E-state index in [1.165, 1.54) is 12.8 Å².